The van der Waals surface area contributed by atoms with Gasteiger partial charge in [-0.3, -0.25) is 9.59 Å². The predicted octanol–water partition coefficient (Wildman–Crippen LogP) is 0.868. The van der Waals surface area contributed by atoms with Crippen molar-refractivity contribution in [1.82, 2.24) is 4.90 Å². The molecule has 1 aromatic carbocycles. The van der Waals surface area contributed by atoms with E-state index in [1.807, 2.05) is 0 Å². The van der Waals surface area contributed by atoms with Gasteiger partial charge in [0.1, 0.15) is 18.9 Å². The number of methoxy groups -OCH3 is 1. The molecule has 1 rings (SSSR count). The number of nitrogens with zero attached hydrogens (tertiary/aromatic N) is 1. The zero-order valence-electron chi connectivity index (χ0n) is 11.0. The summed E-state index contributed by atoms with van der Waals surface area (Å²) in [6, 6.07) is 6.71. The minimum atomic E-state index is -1.06. The van der Waals surface area contributed by atoms with E-state index in [1.165, 1.54) is 7.05 Å². The van der Waals surface area contributed by atoms with Gasteiger partial charge in [0.2, 0.25) is 0 Å². The number of carboxylic acid groups (broad SMARTS) is 1. The number of rotatable bonds is 7. The quantitative estimate of drug-likeness (QED) is 0.742. The number of hydrogen-bond donors (Lipinski definition) is 1. The third kappa shape index (κ3) is 4.59. The van der Waals surface area contributed by atoms with Crippen LogP contribution in [0.25, 0.3) is 0 Å². The van der Waals surface area contributed by atoms with Gasteiger partial charge in [0, 0.05) is 14.2 Å². The van der Waals surface area contributed by atoms with Gasteiger partial charge in [0.05, 0.1) is 12.2 Å². The van der Waals surface area contributed by atoms with E-state index in [0.717, 1.165) is 4.90 Å². The third-order valence-electron chi connectivity index (χ3n) is 2.38. The minimum Gasteiger partial charge on any atom is -0.490 e. The van der Waals surface area contributed by atoms with E-state index >= 15 is 0 Å². The number of likely N-dealkylation sites (N-methyl/N-ethyl adjacent to an activating group) is 1. The fourth-order valence-corrected chi connectivity index (χ4v) is 1.48. The maximum Gasteiger partial charge on any atom is 0.323 e. The summed E-state index contributed by atoms with van der Waals surface area (Å²) >= 11 is 0. The van der Waals surface area contributed by atoms with Crippen molar-refractivity contribution in [3.63, 3.8) is 0 Å². The highest BCUT2D eigenvalue weighted by atomic mass is 16.5. The summed E-state index contributed by atoms with van der Waals surface area (Å²) in [5.74, 6) is -1.04. The van der Waals surface area contributed by atoms with Crippen LogP contribution in [0.5, 0.6) is 5.75 Å². The molecule has 0 bridgehead atoms. The fraction of sp³-hybridized carbons (Fsp3) is 0.385. The van der Waals surface area contributed by atoms with E-state index in [2.05, 4.69) is 0 Å². The van der Waals surface area contributed by atoms with Crippen molar-refractivity contribution < 1.29 is 24.2 Å². The van der Waals surface area contributed by atoms with Crippen LogP contribution in [0.4, 0.5) is 0 Å². The highest BCUT2D eigenvalue weighted by Gasteiger charge is 2.18. The lowest BCUT2D eigenvalue weighted by Gasteiger charge is -2.17. The number of benzene rings is 1. The number of carbonyl (C=O) groups is 2. The highest BCUT2D eigenvalue weighted by Crippen LogP contribution is 2.19. The molecule has 19 heavy (non-hydrogen) atoms. The second-order valence-electron chi connectivity index (χ2n) is 3.89. The van der Waals surface area contributed by atoms with Gasteiger partial charge in [-0.15, -0.1) is 0 Å². The van der Waals surface area contributed by atoms with Crippen LogP contribution >= 0.6 is 0 Å². The Bertz CT molecular complexity index is 446. The fourth-order valence-electron chi connectivity index (χ4n) is 1.48. The first-order valence-corrected chi connectivity index (χ1v) is 5.74. The second-order valence-corrected chi connectivity index (χ2v) is 3.89. The lowest BCUT2D eigenvalue weighted by molar-refractivity contribution is -0.137. The lowest BCUT2D eigenvalue weighted by atomic mass is 10.2. The van der Waals surface area contributed by atoms with Crippen LogP contribution in [0, 0.1) is 0 Å². The van der Waals surface area contributed by atoms with Gasteiger partial charge in [-0.25, -0.2) is 0 Å². The average molecular weight is 267 g/mol. The van der Waals surface area contributed by atoms with E-state index in [9.17, 15) is 9.59 Å². The summed E-state index contributed by atoms with van der Waals surface area (Å²) in [6.07, 6.45) is 0. The molecule has 6 nitrogen and oxygen atoms in total. The molecular formula is C13H17NO5. The molecule has 104 valence electrons. The molecular weight excluding hydrogens is 250 g/mol. The third-order valence-corrected chi connectivity index (χ3v) is 2.38. The summed E-state index contributed by atoms with van der Waals surface area (Å²) in [5, 5.41) is 8.68. The average Bonchev–Trinajstić information content (AvgIpc) is 2.38. The van der Waals surface area contributed by atoms with Crippen molar-refractivity contribution in [2.45, 2.75) is 0 Å². The van der Waals surface area contributed by atoms with Gasteiger partial charge in [-0.05, 0) is 12.1 Å². The molecule has 0 heterocycles. The van der Waals surface area contributed by atoms with E-state index < -0.39 is 11.9 Å². The molecule has 0 atom stereocenters. The van der Waals surface area contributed by atoms with Crippen LogP contribution in [-0.4, -0.2) is 55.8 Å². The Morgan fingerprint density at radius 2 is 1.95 bits per heavy atom. The van der Waals surface area contributed by atoms with E-state index in [4.69, 9.17) is 14.6 Å². The van der Waals surface area contributed by atoms with Crippen LogP contribution in [0.2, 0.25) is 0 Å². The Balaban J connectivity index is 2.80. The van der Waals surface area contributed by atoms with Gasteiger partial charge >= 0.3 is 5.97 Å². The first kappa shape index (κ1) is 15.0. The molecule has 1 aromatic rings. The summed E-state index contributed by atoms with van der Waals surface area (Å²) in [7, 11) is 2.99. The maximum atomic E-state index is 12.1. The second kappa shape index (κ2) is 7.38. The molecule has 0 saturated carbocycles. The monoisotopic (exact) mass is 267 g/mol. The molecule has 0 aliphatic heterocycles. The van der Waals surface area contributed by atoms with Crippen molar-refractivity contribution in [2.75, 3.05) is 33.9 Å². The highest BCUT2D eigenvalue weighted by molar-refractivity contribution is 5.98. The normalized spacial score (nSPS) is 10.0. The van der Waals surface area contributed by atoms with Gasteiger partial charge in [0.15, 0.2) is 0 Å². The molecule has 1 N–H and O–H groups in total. The Labute approximate surface area is 111 Å². The zero-order chi connectivity index (χ0) is 14.3. The number of ether oxygens (including phenoxy) is 2. The summed E-state index contributed by atoms with van der Waals surface area (Å²) in [6.45, 7) is 0.377. The number of aliphatic carboxylic acids is 1. The number of carbonyl (C=O) groups excluding carboxylic acids is 1. The van der Waals surface area contributed by atoms with Crippen molar-refractivity contribution in [1.29, 1.82) is 0 Å². The molecule has 0 saturated heterocycles. The summed E-state index contributed by atoms with van der Waals surface area (Å²) in [5.41, 5.74) is 0.336. The van der Waals surface area contributed by atoms with Gasteiger partial charge in [-0.2, -0.15) is 0 Å². The number of para-hydroxylation sites is 1. The van der Waals surface area contributed by atoms with E-state index in [-0.39, 0.29) is 6.54 Å². The lowest BCUT2D eigenvalue weighted by Crippen LogP contribution is -2.32. The van der Waals surface area contributed by atoms with Crippen molar-refractivity contribution in [2.24, 2.45) is 0 Å². The molecule has 0 radical (unpaired) electrons. The predicted molar refractivity (Wildman–Crippen MR) is 68.4 cm³/mol. The van der Waals surface area contributed by atoms with Gasteiger partial charge in [-0.1, -0.05) is 12.1 Å². The van der Waals surface area contributed by atoms with Gasteiger partial charge in [0.25, 0.3) is 5.91 Å². The number of carboxylic acids is 1. The van der Waals surface area contributed by atoms with E-state index in [0.29, 0.717) is 24.5 Å². The van der Waals surface area contributed by atoms with Crippen LogP contribution in [0.15, 0.2) is 24.3 Å². The summed E-state index contributed by atoms with van der Waals surface area (Å²) < 4.78 is 10.3. The molecule has 0 aliphatic carbocycles. The van der Waals surface area contributed by atoms with E-state index in [1.54, 1.807) is 31.4 Å². The maximum absolute atomic E-state index is 12.1. The smallest absolute Gasteiger partial charge is 0.323 e. The molecule has 6 heteroatoms. The molecule has 0 spiro atoms. The Morgan fingerprint density at radius 1 is 1.26 bits per heavy atom. The van der Waals surface area contributed by atoms with Crippen molar-refractivity contribution >= 4 is 11.9 Å². The molecule has 0 unspecified atom stereocenters. The van der Waals surface area contributed by atoms with Crippen LogP contribution in [0.3, 0.4) is 0 Å². The number of amides is 1. The standard InChI is InChI=1S/C13H17NO5/c1-14(9-12(15)16)13(17)10-5-3-4-6-11(10)19-8-7-18-2/h3-6H,7-9H2,1-2H3,(H,15,16). The SMILES string of the molecule is COCCOc1ccccc1C(=O)N(C)CC(=O)O. The first-order chi connectivity index (χ1) is 9.06. The Morgan fingerprint density at radius 3 is 2.58 bits per heavy atom. The number of hydrogen-bond acceptors (Lipinski definition) is 4. The molecule has 0 aliphatic rings. The van der Waals surface area contributed by atoms with Crippen molar-refractivity contribution in [3.05, 3.63) is 29.8 Å². The zero-order valence-corrected chi connectivity index (χ0v) is 11.0. The minimum absolute atomic E-state index is 0.323. The largest absolute Gasteiger partial charge is 0.490 e. The molecule has 0 aromatic heterocycles. The van der Waals surface area contributed by atoms with Gasteiger partial charge < -0.3 is 19.5 Å². The molecule has 1 amide bonds. The molecule has 0 fully saturated rings. The topological polar surface area (TPSA) is 76.1 Å². The Hall–Kier alpha value is -2.08. The Kier molecular flexibility index (Phi) is 5.81. The van der Waals surface area contributed by atoms with Crippen LogP contribution < -0.4 is 4.74 Å². The van der Waals surface area contributed by atoms with Crippen LogP contribution in [-0.2, 0) is 9.53 Å². The summed E-state index contributed by atoms with van der Waals surface area (Å²) in [4.78, 5) is 23.8. The first-order valence-electron chi connectivity index (χ1n) is 5.74. The van der Waals surface area contributed by atoms with Crippen molar-refractivity contribution in [3.8, 4) is 5.75 Å². The van der Waals surface area contributed by atoms with Crippen LogP contribution in [0.1, 0.15) is 10.4 Å².